The number of thioether (sulfide) groups is 2. The molecule has 1 aliphatic heterocycles. The smallest absolute Gasteiger partial charge is 0.407 e. The van der Waals surface area contributed by atoms with Gasteiger partial charge in [0.05, 0.1) is 44.6 Å². The number of epoxide rings is 1. The first-order chi connectivity index (χ1) is 71.2. The van der Waals surface area contributed by atoms with Crippen molar-refractivity contribution in [2.24, 2.45) is 5.92 Å². The number of alkyl carbamates (subject to hydrolysis) is 2. The van der Waals surface area contributed by atoms with Crippen molar-refractivity contribution in [2.45, 2.75) is 242 Å². The van der Waals surface area contributed by atoms with E-state index < -0.39 is 24.1 Å². The van der Waals surface area contributed by atoms with Crippen molar-refractivity contribution in [1.29, 1.82) is 0 Å². The van der Waals surface area contributed by atoms with Gasteiger partial charge in [-0.25, -0.2) is 28.8 Å². The predicted octanol–water partition coefficient (Wildman–Crippen LogP) is 26.9. The van der Waals surface area contributed by atoms with Gasteiger partial charge in [0, 0.05) is 69.1 Å². The molecule has 2 amide bonds. The lowest BCUT2D eigenvalue weighted by atomic mass is 10.0. The van der Waals surface area contributed by atoms with E-state index in [1.54, 1.807) is 13.8 Å². The monoisotopic (exact) mass is 2090 g/mol. The average Bonchev–Trinajstić information content (AvgIpc) is 1.88. The summed E-state index contributed by atoms with van der Waals surface area (Å²) in [6.45, 7) is 66.1. The zero-order chi connectivity index (χ0) is 110. The van der Waals surface area contributed by atoms with E-state index in [0.29, 0.717) is 117 Å². The lowest BCUT2D eigenvalue weighted by molar-refractivity contribution is -0.139. The van der Waals surface area contributed by atoms with Crippen molar-refractivity contribution in [3.05, 3.63) is 312 Å². The van der Waals surface area contributed by atoms with Gasteiger partial charge in [0.25, 0.3) is 0 Å². The third kappa shape index (κ3) is 60.9. The number of carbonyl (C=O) groups is 6. The quantitative estimate of drug-likeness (QED) is 0.00688. The number of hydrogen-bond donors (Lipinski definition) is 4. The van der Waals surface area contributed by atoms with Gasteiger partial charge in [-0.3, -0.25) is 0 Å². The summed E-state index contributed by atoms with van der Waals surface area (Å²) >= 11 is 3.65. The van der Waals surface area contributed by atoms with Gasteiger partial charge in [0.2, 0.25) is 0 Å². The number of carbonyl (C=O) groups excluding carboxylic acids is 6. The van der Waals surface area contributed by atoms with Crippen LogP contribution in [0.4, 0.5) is 21.0 Å². The Hall–Kier alpha value is -12.2. The highest BCUT2D eigenvalue weighted by Gasteiger charge is 2.26. The van der Waals surface area contributed by atoms with Crippen LogP contribution in [-0.2, 0) is 66.5 Å². The molecule has 1 saturated heterocycles. The second-order valence-corrected chi connectivity index (χ2v) is 40.4. The molecule has 2 aliphatic rings. The minimum absolute atomic E-state index is 0.0681. The van der Waals surface area contributed by atoms with E-state index in [1.807, 2.05) is 127 Å². The molecule has 0 radical (unpaired) electrons. The van der Waals surface area contributed by atoms with Crippen LogP contribution in [0.15, 0.2) is 278 Å². The van der Waals surface area contributed by atoms with Gasteiger partial charge >= 0.3 is 36.1 Å². The van der Waals surface area contributed by atoms with Crippen molar-refractivity contribution in [3.8, 4) is 28.7 Å². The summed E-state index contributed by atoms with van der Waals surface area (Å²) in [5, 5.41) is 11.3. The van der Waals surface area contributed by atoms with Crippen LogP contribution < -0.4 is 45.0 Å². The molecule has 1 aliphatic carbocycles. The van der Waals surface area contributed by atoms with Gasteiger partial charge < -0.3 is 92.3 Å². The van der Waals surface area contributed by atoms with Crippen molar-refractivity contribution < 1.29 is 99.8 Å². The molecule has 27 heteroatoms. The first-order valence-electron chi connectivity index (χ1n) is 51.8. The van der Waals surface area contributed by atoms with Crippen LogP contribution in [0.2, 0.25) is 0 Å². The van der Waals surface area contributed by atoms with Gasteiger partial charge in [-0.1, -0.05) is 258 Å². The van der Waals surface area contributed by atoms with E-state index in [9.17, 15) is 28.8 Å². The van der Waals surface area contributed by atoms with Gasteiger partial charge in [0.1, 0.15) is 120 Å². The minimum Gasteiger partial charge on any atom is -0.491 e. The molecule has 0 saturated carbocycles. The van der Waals surface area contributed by atoms with Crippen molar-refractivity contribution in [2.75, 3.05) is 134 Å². The number of amides is 2. The molecule has 1 fully saturated rings. The van der Waals surface area contributed by atoms with Crippen LogP contribution in [0.3, 0.4) is 0 Å². The van der Waals surface area contributed by atoms with Crippen molar-refractivity contribution in [1.82, 2.24) is 10.6 Å². The third-order valence-corrected chi connectivity index (χ3v) is 24.2. The average molecular weight is 2090 g/mol. The molecule has 149 heavy (non-hydrogen) atoms. The molecule has 816 valence electrons. The Balaban J connectivity index is 0.000000363. The number of hydrogen-bond acceptors (Lipinski definition) is 25. The third-order valence-electron chi connectivity index (χ3n) is 21.9. The molecule has 4 atom stereocenters. The van der Waals surface area contributed by atoms with Gasteiger partial charge in [-0.05, 0) is 231 Å². The summed E-state index contributed by atoms with van der Waals surface area (Å²) in [6.07, 6.45) is 9.72. The summed E-state index contributed by atoms with van der Waals surface area (Å²) in [4.78, 5) is 69.1. The Kier molecular flexibility index (Phi) is 65.3. The highest BCUT2D eigenvalue weighted by molar-refractivity contribution is 8.03. The fourth-order valence-electron chi connectivity index (χ4n) is 12.9. The summed E-state index contributed by atoms with van der Waals surface area (Å²) in [6, 6.07) is 67.7. The molecular weight excluding hydrogens is 1920 g/mol. The highest BCUT2D eigenvalue weighted by Crippen LogP contribution is 2.30. The zero-order valence-electron chi connectivity index (χ0n) is 92.4. The first kappa shape index (κ1) is 129. The summed E-state index contributed by atoms with van der Waals surface area (Å²) in [7, 11) is 0. The standard InChI is InChI=1S/C21H28O2S.C20H28O2S.C18H25NO5.C17H23NO5.C17H26O3.C15H21NO2.C14H19NO2/c1-16(2)18-10-12-19(13-11-18)22-14-20(23-17(3)4)15-24-21-8-6-5-7-9-21;1-15(2)17-9-11-18(12-10-17)21-13-19(22-16(3)4)14-23-20-7-5-6-8-20;1-13(2)15-5-7-16(8-6-15)22-11-12-24-18(21)19-9-10-23-17(20)14(3)4;1-4-16(19)22-10-9-18-17(20)23-12-11-21-15-7-5-14(6-8-15)13(2)3;1-12(2)14-5-7-15(8-6-14)19-11-17(13(3)4)20-10-16-9-18-16;1-11(2)13-5-7-14(8-6-13)16-9-10-18-15(17)12(3)4;1-4-14(16)17-10-9-15-13-7-5-12(6-8-13)11(2)3/h5-13,16-17,20H,14-15H2,1-4H3;5,7-12,15-16,19H,6,13-14H2,1-4H3;5-8,13H,3,9-12H2,1-2,4H3,(H,19,21);4-8,13H,1,9-12H2,2-3H3,(H,18,20);5-8,12-13,16-17H,9-11H2,1-4H3;5-8,11,16H,3,9-10H2,1-2,4H3;4-8,11,15H,1,9-10H2,2-3H3. The maximum Gasteiger partial charge on any atom is 0.407 e. The predicted molar refractivity (Wildman–Crippen MR) is 607 cm³/mol. The van der Waals surface area contributed by atoms with Crippen molar-refractivity contribution >= 4 is 71.0 Å². The van der Waals surface area contributed by atoms with E-state index in [0.717, 1.165) is 76.8 Å². The van der Waals surface area contributed by atoms with E-state index >= 15 is 0 Å². The van der Waals surface area contributed by atoms with Gasteiger partial charge in [-0.15, -0.1) is 23.5 Å². The lowest BCUT2D eigenvalue weighted by Crippen LogP contribution is -2.29. The van der Waals surface area contributed by atoms with Gasteiger partial charge in [-0.2, -0.15) is 0 Å². The first-order valence-corrected chi connectivity index (χ1v) is 53.8. The number of allylic oxidation sites excluding steroid dienone is 3. The van der Waals surface area contributed by atoms with Crippen LogP contribution in [0.1, 0.15) is 239 Å². The molecule has 25 nitrogen and oxygen atoms in total. The number of anilines is 2. The second-order valence-electron chi connectivity index (χ2n) is 38.2. The fraction of sp³-hybridized carbons (Fsp3) is 0.459. The molecule has 0 aromatic heterocycles. The molecule has 8 aromatic carbocycles. The molecule has 4 N–H and O–H groups in total. The Morgan fingerprint density at radius 2 is 0.691 bits per heavy atom. The lowest BCUT2D eigenvalue weighted by Gasteiger charge is -2.21. The molecule has 1 heterocycles. The van der Waals surface area contributed by atoms with Crippen molar-refractivity contribution in [3.63, 3.8) is 0 Å². The molecule has 0 spiro atoms. The second kappa shape index (κ2) is 75.5. The summed E-state index contributed by atoms with van der Waals surface area (Å²) < 4.78 is 81.0. The maximum absolute atomic E-state index is 11.4. The SMILES string of the molecule is C=C(C)C(=O)OCCNC(=O)OCCOc1ccc(C(C)C)cc1.C=C(C)C(=O)OCCNc1ccc(C(C)C)cc1.C=CC(=O)OCCNC(=O)OCCOc1ccc(C(C)C)cc1.C=CC(=O)OCCNc1ccc(C(C)C)cc1.CC(C)OC(COc1ccc(C(C)C)cc1)CSC1=CCC=C1.CC(C)OC(COc1ccc(C(C)C)cc1)CSc1ccccc1.CC(C)c1ccc(OCC(OCC2CO2)C(C)C)cc1. The summed E-state index contributed by atoms with van der Waals surface area (Å²) in [5.41, 5.74) is 11.9. The molecule has 8 aromatic rings. The molecule has 0 bridgehead atoms. The Bertz CT molecular complexity index is 5140. The Morgan fingerprint density at radius 1 is 0.376 bits per heavy atom. The minimum atomic E-state index is -0.585. The normalized spacial score (nSPS) is 12.6. The number of esters is 4. The summed E-state index contributed by atoms with van der Waals surface area (Å²) in [5.74, 6) is 8.34. The Morgan fingerprint density at radius 3 is 1.00 bits per heavy atom. The fourth-order valence-corrected chi connectivity index (χ4v) is 14.8. The largest absolute Gasteiger partial charge is 0.491 e. The van der Waals surface area contributed by atoms with E-state index in [1.165, 1.54) is 48.7 Å². The number of rotatable bonds is 56. The topological polar surface area (TPSA) is 292 Å². The Labute approximate surface area is 898 Å². The van der Waals surface area contributed by atoms with E-state index in [4.69, 9.17) is 71.1 Å². The van der Waals surface area contributed by atoms with Crippen LogP contribution in [0.5, 0.6) is 28.7 Å². The number of benzene rings is 8. The highest BCUT2D eigenvalue weighted by atomic mass is 32.2. The van der Waals surface area contributed by atoms with Gasteiger partial charge in [0.15, 0.2) is 0 Å². The molecule has 4 unspecified atom stereocenters. The van der Waals surface area contributed by atoms with Crippen LogP contribution in [0, 0.1) is 5.92 Å². The van der Waals surface area contributed by atoms with E-state index in [-0.39, 0.29) is 95.2 Å². The number of ether oxygens (including phenoxy) is 15. The molecular formula is C122H170N4O21S2. The zero-order valence-corrected chi connectivity index (χ0v) is 94.0. The van der Waals surface area contributed by atoms with E-state index in [2.05, 4.69) is 301 Å². The van der Waals surface area contributed by atoms with Crippen LogP contribution >= 0.6 is 23.5 Å². The number of nitrogens with one attached hydrogen (secondary N) is 4. The van der Waals surface area contributed by atoms with Crippen LogP contribution in [-0.4, -0.2) is 196 Å². The maximum atomic E-state index is 11.4. The molecule has 10 rings (SSSR count). The van der Waals surface area contributed by atoms with Crippen LogP contribution in [0.25, 0.3) is 0 Å².